The van der Waals surface area contributed by atoms with Crippen LogP contribution in [0.1, 0.15) is 19.4 Å². The monoisotopic (exact) mass is 241 g/mol. The number of aromatic nitrogens is 1. The number of nitrogens with two attached hydrogens (primary N) is 1. The second-order valence-electron chi connectivity index (χ2n) is 4.09. The van der Waals surface area contributed by atoms with Crippen molar-refractivity contribution < 1.29 is 9.13 Å². The van der Waals surface area contributed by atoms with Gasteiger partial charge in [-0.1, -0.05) is 0 Å². The van der Waals surface area contributed by atoms with Gasteiger partial charge < -0.3 is 15.4 Å². The zero-order valence-corrected chi connectivity index (χ0v) is 10.6. The Hall–Kier alpha value is -1.20. The summed E-state index contributed by atoms with van der Waals surface area (Å²) >= 11 is 0. The highest BCUT2D eigenvalue weighted by Gasteiger charge is 2.17. The van der Waals surface area contributed by atoms with Crippen molar-refractivity contribution in [3.63, 3.8) is 0 Å². The second kappa shape index (κ2) is 6.51. The number of halogens is 1. The van der Waals surface area contributed by atoms with Gasteiger partial charge in [-0.15, -0.1) is 0 Å². The summed E-state index contributed by atoms with van der Waals surface area (Å²) < 4.78 is 19.1. The highest BCUT2D eigenvalue weighted by molar-refractivity contribution is 5.43. The Morgan fingerprint density at radius 1 is 1.53 bits per heavy atom. The first kappa shape index (κ1) is 13.9. The van der Waals surface area contributed by atoms with Crippen LogP contribution in [-0.2, 0) is 11.3 Å². The molecule has 0 unspecified atom stereocenters. The zero-order chi connectivity index (χ0) is 12.8. The van der Waals surface area contributed by atoms with Crippen LogP contribution in [0.25, 0.3) is 0 Å². The molecule has 0 aliphatic rings. The minimum Gasteiger partial charge on any atom is -0.383 e. The first-order chi connectivity index (χ1) is 8.11. The summed E-state index contributed by atoms with van der Waals surface area (Å²) in [5.41, 5.74) is 5.97. The predicted molar refractivity (Wildman–Crippen MR) is 66.4 cm³/mol. The highest BCUT2D eigenvalue weighted by Crippen LogP contribution is 2.20. The molecule has 5 heteroatoms. The maximum atomic E-state index is 14.1. The predicted octanol–water partition coefficient (Wildman–Crippen LogP) is 1.54. The van der Waals surface area contributed by atoms with Gasteiger partial charge in [-0.2, -0.15) is 0 Å². The van der Waals surface area contributed by atoms with Crippen LogP contribution in [0, 0.1) is 5.82 Å². The van der Waals surface area contributed by atoms with Gasteiger partial charge in [0, 0.05) is 38.0 Å². The molecule has 0 aliphatic carbocycles. The van der Waals surface area contributed by atoms with E-state index in [1.807, 2.05) is 18.7 Å². The van der Waals surface area contributed by atoms with Gasteiger partial charge in [0.05, 0.1) is 6.61 Å². The molecular weight excluding hydrogens is 221 g/mol. The molecule has 0 atom stereocenters. The Kier molecular flexibility index (Phi) is 5.31. The fourth-order valence-electron chi connectivity index (χ4n) is 1.63. The van der Waals surface area contributed by atoms with Crippen molar-refractivity contribution in [3.8, 4) is 0 Å². The van der Waals surface area contributed by atoms with Crippen LogP contribution in [0.4, 0.5) is 10.2 Å². The second-order valence-corrected chi connectivity index (χ2v) is 4.09. The number of hydrogen-bond acceptors (Lipinski definition) is 4. The summed E-state index contributed by atoms with van der Waals surface area (Å²) in [7, 11) is 1.62. The Morgan fingerprint density at radius 2 is 2.24 bits per heavy atom. The first-order valence-corrected chi connectivity index (χ1v) is 5.70. The Balaban J connectivity index is 3.01. The molecule has 1 rings (SSSR count). The van der Waals surface area contributed by atoms with E-state index in [0.29, 0.717) is 24.5 Å². The standard InChI is InChI=1S/C12H20FN3O/c1-9(2)16(6-7-17-3)12-11(13)10(8-14)4-5-15-12/h4-5,9H,6-8,14H2,1-3H3. The largest absolute Gasteiger partial charge is 0.383 e. The van der Waals surface area contributed by atoms with Crippen molar-refractivity contribution in [2.45, 2.75) is 26.4 Å². The van der Waals surface area contributed by atoms with Gasteiger partial charge in [0.25, 0.3) is 0 Å². The number of methoxy groups -OCH3 is 1. The molecule has 0 amide bonds. The highest BCUT2D eigenvalue weighted by atomic mass is 19.1. The van der Waals surface area contributed by atoms with Crippen LogP contribution in [0.3, 0.4) is 0 Å². The van der Waals surface area contributed by atoms with E-state index in [9.17, 15) is 4.39 Å². The number of ether oxygens (including phenoxy) is 1. The van der Waals surface area contributed by atoms with E-state index in [1.165, 1.54) is 0 Å². The number of rotatable bonds is 6. The SMILES string of the molecule is COCCN(c1nccc(CN)c1F)C(C)C. The fourth-order valence-corrected chi connectivity index (χ4v) is 1.63. The molecular formula is C12H20FN3O. The number of pyridine rings is 1. The molecule has 96 valence electrons. The summed E-state index contributed by atoms with van der Waals surface area (Å²) in [6, 6.07) is 1.76. The molecule has 0 saturated carbocycles. The molecule has 0 aliphatic heterocycles. The van der Waals surface area contributed by atoms with Crippen molar-refractivity contribution in [3.05, 3.63) is 23.6 Å². The average molecular weight is 241 g/mol. The maximum Gasteiger partial charge on any atom is 0.170 e. The lowest BCUT2D eigenvalue weighted by Gasteiger charge is -2.28. The fraction of sp³-hybridized carbons (Fsp3) is 0.583. The molecule has 0 fully saturated rings. The number of nitrogens with zero attached hydrogens (tertiary/aromatic N) is 2. The first-order valence-electron chi connectivity index (χ1n) is 5.70. The topological polar surface area (TPSA) is 51.4 Å². The van der Waals surface area contributed by atoms with Crippen molar-refractivity contribution in [2.24, 2.45) is 5.73 Å². The van der Waals surface area contributed by atoms with Crippen LogP contribution < -0.4 is 10.6 Å². The summed E-state index contributed by atoms with van der Waals surface area (Å²) in [6.45, 7) is 5.30. The van der Waals surface area contributed by atoms with Crippen LogP contribution in [-0.4, -0.2) is 31.3 Å². The lowest BCUT2D eigenvalue weighted by atomic mass is 10.2. The third-order valence-corrected chi connectivity index (χ3v) is 2.60. The molecule has 1 heterocycles. The summed E-state index contributed by atoms with van der Waals surface area (Å²) in [5, 5.41) is 0. The Labute approximate surface area is 102 Å². The average Bonchev–Trinajstić information content (AvgIpc) is 2.31. The molecule has 17 heavy (non-hydrogen) atoms. The van der Waals surface area contributed by atoms with Gasteiger partial charge in [-0.05, 0) is 19.9 Å². The van der Waals surface area contributed by atoms with Crippen molar-refractivity contribution in [2.75, 3.05) is 25.2 Å². The lowest BCUT2D eigenvalue weighted by molar-refractivity contribution is 0.203. The minimum atomic E-state index is -0.334. The molecule has 0 radical (unpaired) electrons. The Morgan fingerprint density at radius 3 is 2.76 bits per heavy atom. The van der Waals surface area contributed by atoms with E-state index < -0.39 is 0 Å². The summed E-state index contributed by atoms with van der Waals surface area (Å²) in [6.07, 6.45) is 1.59. The maximum absolute atomic E-state index is 14.1. The zero-order valence-electron chi connectivity index (χ0n) is 10.6. The normalized spacial score (nSPS) is 10.9. The van der Waals surface area contributed by atoms with Gasteiger partial charge in [-0.3, -0.25) is 0 Å². The third-order valence-electron chi connectivity index (χ3n) is 2.60. The smallest absolute Gasteiger partial charge is 0.170 e. The van der Waals surface area contributed by atoms with Gasteiger partial charge in [0.15, 0.2) is 11.6 Å². The van der Waals surface area contributed by atoms with Gasteiger partial charge >= 0.3 is 0 Å². The molecule has 0 spiro atoms. The van der Waals surface area contributed by atoms with E-state index in [4.69, 9.17) is 10.5 Å². The number of hydrogen-bond donors (Lipinski definition) is 1. The van der Waals surface area contributed by atoms with E-state index in [0.717, 1.165) is 0 Å². The number of anilines is 1. The van der Waals surface area contributed by atoms with E-state index in [2.05, 4.69) is 4.98 Å². The van der Waals surface area contributed by atoms with Crippen molar-refractivity contribution in [1.82, 2.24) is 4.98 Å². The molecule has 0 bridgehead atoms. The van der Waals surface area contributed by atoms with E-state index in [-0.39, 0.29) is 18.4 Å². The minimum absolute atomic E-state index is 0.153. The third kappa shape index (κ3) is 3.38. The van der Waals surface area contributed by atoms with Crippen LogP contribution >= 0.6 is 0 Å². The van der Waals surface area contributed by atoms with Gasteiger partial charge in [0.1, 0.15) is 0 Å². The van der Waals surface area contributed by atoms with Crippen molar-refractivity contribution >= 4 is 5.82 Å². The van der Waals surface area contributed by atoms with Gasteiger partial charge in [-0.25, -0.2) is 9.37 Å². The quantitative estimate of drug-likeness (QED) is 0.821. The molecule has 2 N–H and O–H groups in total. The van der Waals surface area contributed by atoms with Gasteiger partial charge in [0.2, 0.25) is 0 Å². The van der Waals surface area contributed by atoms with Crippen LogP contribution in [0.2, 0.25) is 0 Å². The lowest BCUT2D eigenvalue weighted by Crippen LogP contribution is -2.35. The Bertz CT molecular complexity index is 358. The molecule has 1 aromatic rings. The molecule has 0 saturated heterocycles. The summed E-state index contributed by atoms with van der Waals surface area (Å²) in [4.78, 5) is 5.97. The molecule has 1 aromatic heterocycles. The van der Waals surface area contributed by atoms with Crippen LogP contribution in [0.15, 0.2) is 12.3 Å². The van der Waals surface area contributed by atoms with Crippen molar-refractivity contribution in [1.29, 1.82) is 0 Å². The van der Waals surface area contributed by atoms with E-state index in [1.54, 1.807) is 19.4 Å². The summed E-state index contributed by atoms with van der Waals surface area (Å²) in [5.74, 6) is 0.0137. The molecule has 0 aromatic carbocycles. The van der Waals surface area contributed by atoms with Crippen LogP contribution in [0.5, 0.6) is 0 Å². The molecule has 4 nitrogen and oxygen atoms in total. The van der Waals surface area contributed by atoms with E-state index >= 15 is 0 Å².